The number of ether oxygens (including phenoxy) is 1. The first-order chi connectivity index (χ1) is 10.1. The van der Waals surface area contributed by atoms with Crippen LogP contribution >= 0.6 is 23.2 Å². The molecule has 0 spiro atoms. The number of hydrogen-bond acceptors (Lipinski definition) is 3. The second kappa shape index (κ2) is 7.99. The normalized spacial score (nSPS) is 18.9. The minimum Gasteiger partial charge on any atom is -0.375 e. The third kappa shape index (κ3) is 5.47. The summed E-state index contributed by atoms with van der Waals surface area (Å²) in [5.41, 5.74) is 1.12. The number of likely N-dealkylation sites (tertiary alicyclic amines) is 1. The van der Waals surface area contributed by atoms with Crippen LogP contribution in [0.2, 0.25) is 10.0 Å². The molecule has 1 amide bonds. The second-order valence-corrected chi connectivity index (χ2v) is 6.28. The molecule has 0 aliphatic carbocycles. The van der Waals surface area contributed by atoms with E-state index in [1.807, 2.05) is 12.1 Å². The van der Waals surface area contributed by atoms with Gasteiger partial charge in [-0.05, 0) is 42.6 Å². The van der Waals surface area contributed by atoms with Gasteiger partial charge in [0.05, 0.1) is 0 Å². The molecule has 1 aliphatic heterocycles. The topological polar surface area (TPSA) is 41.6 Å². The molecule has 0 bridgehead atoms. The summed E-state index contributed by atoms with van der Waals surface area (Å²) < 4.78 is 4.79. The van der Waals surface area contributed by atoms with Crippen LogP contribution in [-0.4, -0.2) is 44.2 Å². The van der Waals surface area contributed by atoms with Gasteiger partial charge in [-0.2, -0.15) is 0 Å². The van der Waals surface area contributed by atoms with Crippen molar-refractivity contribution >= 4 is 29.1 Å². The van der Waals surface area contributed by atoms with Gasteiger partial charge in [-0.3, -0.25) is 9.69 Å². The highest BCUT2D eigenvalue weighted by Crippen LogP contribution is 2.23. The van der Waals surface area contributed by atoms with Crippen molar-refractivity contribution in [3.8, 4) is 0 Å². The van der Waals surface area contributed by atoms with E-state index < -0.39 is 0 Å². The minimum atomic E-state index is -0.0578. The van der Waals surface area contributed by atoms with Gasteiger partial charge < -0.3 is 10.1 Å². The smallest absolute Gasteiger partial charge is 0.245 e. The van der Waals surface area contributed by atoms with Crippen LogP contribution in [0.25, 0.3) is 0 Å². The Morgan fingerprint density at radius 2 is 2.10 bits per heavy atom. The number of carbonyl (C=O) groups is 1. The number of methoxy groups -OCH3 is 1. The van der Waals surface area contributed by atoms with Gasteiger partial charge in [0.25, 0.3) is 0 Å². The predicted molar refractivity (Wildman–Crippen MR) is 84.7 cm³/mol. The van der Waals surface area contributed by atoms with Crippen LogP contribution in [0.3, 0.4) is 0 Å². The van der Waals surface area contributed by atoms with E-state index in [-0.39, 0.29) is 12.5 Å². The summed E-state index contributed by atoms with van der Waals surface area (Å²) in [6.07, 6.45) is 1.08. The Kier molecular flexibility index (Phi) is 6.30. The van der Waals surface area contributed by atoms with Crippen molar-refractivity contribution in [3.63, 3.8) is 0 Å². The average molecular weight is 331 g/mol. The summed E-state index contributed by atoms with van der Waals surface area (Å²) in [4.78, 5) is 13.7. The number of halogens is 2. The van der Waals surface area contributed by atoms with Gasteiger partial charge >= 0.3 is 0 Å². The van der Waals surface area contributed by atoms with Crippen molar-refractivity contribution in [2.45, 2.75) is 13.0 Å². The quantitative estimate of drug-likeness (QED) is 0.871. The summed E-state index contributed by atoms with van der Waals surface area (Å²) in [5, 5.41) is 4.23. The Labute approximate surface area is 135 Å². The van der Waals surface area contributed by atoms with Crippen LogP contribution in [0.1, 0.15) is 12.0 Å². The van der Waals surface area contributed by atoms with Crippen molar-refractivity contribution in [1.82, 2.24) is 10.2 Å². The number of nitrogens with zero attached hydrogens (tertiary/aromatic N) is 1. The Bertz CT molecular complexity index is 476. The van der Waals surface area contributed by atoms with Crippen molar-refractivity contribution in [1.29, 1.82) is 0 Å². The molecule has 1 fully saturated rings. The van der Waals surface area contributed by atoms with Crippen LogP contribution < -0.4 is 5.32 Å². The van der Waals surface area contributed by atoms with Crippen LogP contribution in [0.15, 0.2) is 18.2 Å². The van der Waals surface area contributed by atoms with Gasteiger partial charge in [0.1, 0.15) is 6.61 Å². The molecule has 1 heterocycles. The standard InChI is InChI=1S/C15H20Cl2N2O2/c1-21-10-15(20)18-7-11-2-3-19(8-11)9-12-4-13(16)6-14(17)5-12/h4-6,11H,2-3,7-10H2,1H3,(H,18,20)/t11-/m0/s1. The molecule has 21 heavy (non-hydrogen) atoms. The Morgan fingerprint density at radius 1 is 1.38 bits per heavy atom. The SMILES string of the molecule is COCC(=O)NC[C@@H]1CCN(Cc2cc(Cl)cc(Cl)c2)C1. The number of nitrogens with one attached hydrogen (secondary N) is 1. The Hall–Kier alpha value is -0.810. The zero-order valence-corrected chi connectivity index (χ0v) is 13.6. The largest absolute Gasteiger partial charge is 0.375 e. The van der Waals surface area contributed by atoms with Crippen LogP contribution in [-0.2, 0) is 16.1 Å². The molecule has 1 saturated heterocycles. The molecule has 1 aromatic carbocycles. The van der Waals surface area contributed by atoms with E-state index in [0.29, 0.717) is 22.5 Å². The molecule has 1 N–H and O–H groups in total. The monoisotopic (exact) mass is 330 g/mol. The second-order valence-electron chi connectivity index (χ2n) is 5.40. The first-order valence-corrected chi connectivity index (χ1v) is 7.75. The Morgan fingerprint density at radius 3 is 2.76 bits per heavy atom. The van der Waals surface area contributed by atoms with Crippen molar-refractivity contribution in [2.24, 2.45) is 5.92 Å². The van der Waals surface area contributed by atoms with E-state index in [1.54, 1.807) is 6.07 Å². The van der Waals surface area contributed by atoms with Crippen molar-refractivity contribution < 1.29 is 9.53 Å². The fourth-order valence-electron chi connectivity index (χ4n) is 2.62. The lowest BCUT2D eigenvalue weighted by atomic mass is 10.1. The number of benzene rings is 1. The van der Waals surface area contributed by atoms with E-state index in [0.717, 1.165) is 31.6 Å². The highest BCUT2D eigenvalue weighted by molar-refractivity contribution is 6.34. The molecule has 4 nitrogen and oxygen atoms in total. The number of amides is 1. The first kappa shape index (κ1) is 16.6. The highest BCUT2D eigenvalue weighted by Gasteiger charge is 2.22. The third-order valence-electron chi connectivity index (χ3n) is 3.56. The maximum absolute atomic E-state index is 11.4. The predicted octanol–water partition coefficient (Wildman–Crippen LogP) is 2.58. The van der Waals surface area contributed by atoms with Gasteiger partial charge in [0, 0.05) is 36.8 Å². The van der Waals surface area contributed by atoms with E-state index >= 15 is 0 Å². The van der Waals surface area contributed by atoms with Crippen LogP contribution in [0.4, 0.5) is 0 Å². The summed E-state index contributed by atoms with van der Waals surface area (Å²) >= 11 is 12.0. The van der Waals surface area contributed by atoms with Gasteiger partial charge in [-0.25, -0.2) is 0 Å². The van der Waals surface area contributed by atoms with Gasteiger partial charge in [-0.15, -0.1) is 0 Å². The lowest BCUT2D eigenvalue weighted by Crippen LogP contribution is -2.33. The maximum Gasteiger partial charge on any atom is 0.245 e. The third-order valence-corrected chi connectivity index (χ3v) is 4.00. The fourth-order valence-corrected chi connectivity index (χ4v) is 3.20. The molecule has 6 heteroatoms. The molecule has 0 radical (unpaired) electrons. The van der Waals surface area contributed by atoms with Crippen LogP contribution in [0, 0.1) is 5.92 Å². The molecule has 116 valence electrons. The average Bonchev–Trinajstić information content (AvgIpc) is 2.83. The van der Waals surface area contributed by atoms with Gasteiger partial charge in [0.15, 0.2) is 0 Å². The van der Waals surface area contributed by atoms with E-state index in [1.165, 1.54) is 7.11 Å². The van der Waals surface area contributed by atoms with E-state index in [9.17, 15) is 4.79 Å². The first-order valence-electron chi connectivity index (χ1n) is 7.00. The summed E-state index contributed by atoms with van der Waals surface area (Å²) in [6, 6.07) is 5.63. The zero-order valence-electron chi connectivity index (χ0n) is 12.1. The number of carbonyl (C=O) groups excluding carboxylic acids is 1. The van der Waals surface area contributed by atoms with Crippen LogP contribution in [0.5, 0.6) is 0 Å². The van der Waals surface area contributed by atoms with Gasteiger partial charge in [-0.1, -0.05) is 23.2 Å². The summed E-state index contributed by atoms with van der Waals surface area (Å²) in [7, 11) is 1.52. The van der Waals surface area contributed by atoms with Crippen molar-refractivity contribution in [2.75, 3.05) is 33.4 Å². The van der Waals surface area contributed by atoms with E-state index in [4.69, 9.17) is 27.9 Å². The van der Waals surface area contributed by atoms with Gasteiger partial charge in [0.2, 0.25) is 5.91 Å². The lowest BCUT2D eigenvalue weighted by molar-refractivity contribution is -0.124. The molecule has 2 rings (SSSR count). The molecule has 1 aromatic rings. The molecule has 1 atom stereocenters. The molecular weight excluding hydrogens is 311 g/mol. The zero-order chi connectivity index (χ0) is 15.2. The summed E-state index contributed by atoms with van der Waals surface area (Å²) in [5.74, 6) is 0.429. The minimum absolute atomic E-state index is 0.0578. The summed E-state index contributed by atoms with van der Waals surface area (Å²) in [6.45, 7) is 3.65. The number of hydrogen-bond donors (Lipinski definition) is 1. The Balaban J connectivity index is 1.78. The molecule has 1 aliphatic rings. The van der Waals surface area contributed by atoms with Crippen molar-refractivity contribution in [3.05, 3.63) is 33.8 Å². The highest BCUT2D eigenvalue weighted by atomic mass is 35.5. The number of rotatable bonds is 6. The molecule has 0 aromatic heterocycles. The van der Waals surface area contributed by atoms with E-state index in [2.05, 4.69) is 10.2 Å². The lowest BCUT2D eigenvalue weighted by Gasteiger charge is -2.17. The molecule has 0 unspecified atom stereocenters. The molecular formula is C15H20Cl2N2O2. The molecule has 0 saturated carbocycles. The fraction of sp³-hybridized carbons (Fsp3) is 0.533. The maximum atomic E-state index is 11.4.